The molecule has 0 N–H and O–H groups in total. The number of hydrogen-bond donors (Lipinski definition) is 0. The minimum atomic E-state index is -0.286. The van der Waals surface area contributed by atoms with Crippen LogP contribution in [0.25, 0.3) is 4.96 Å². The van der Waals surface area contributed by atoms with Crippen LogP contribution in [0.4, 0.5) is 0 Å². The third-order valence-corrected chi connectivity index (χ3v) is 3.79. The first kappa shape index (κ1) is 13.7. The van der Waals surface area contributed by atoms with Gasteiger partial charge in [0, 0.05) is 30.9 Å². The van der Waals surface area contributed by atoms with E-state index in [0.29, 0.717) is 18.1 Å². The van der Waals surface area contributed by atoms with Gasteiger partial charge in [-0.1, -0.05) is 13.3 Å². The highest BCUT2D eigenvalue weighted by Gasteiger charge is 2.18. The Labute approximate surface area is 115 Å². The van der Waals surface area contributed by atoms with Crippen molar-refractivity contribution in [1.29, 1.82) is 0 Å². The molecule has 0 atom stereocenters. The van der Waals surface area contributed by atoms with Crippen LogP contribution in [0, 0.1) is 0 Å². The van der Waals surface area contributed by atoms with Crippen molar-refractivity contribution >= 4 is 22.2 Å². The van der Waals surface area contributed by atoms with Gasteiger partial charge in [-0.3, -0.25) is 14.0 Å². The first-order valence-electron chi connectivity index (χ1n) is 6.43. The lowest BCUT2D eigenvalue weighted by molar-refractivity contribution is 0.0760. The van der Waals surface area contributed by atoms with Crippen molar-refractivity contribution in [2.24, 2.45) is 0 Å². The Kier molecular flexibility index (Phi) is 4.31. The molecule has 0 spiro atoms. The SMILES string of the molecule is CCCCN(CC)C(=O)c1cnc2sccn2c1=O. The van der Waals surface area contributed by atoms with Crippen molar-refractivity contribution in [3.05, 3.63) is 33.7 Å². The zero-order valence-corrected chi connectivity index (χ0v) is 11.9. The smallest absolute Gasteiger partial charge is 0.271 e. The van der Waals surface area contributed by atoms with Crippen LogP contribution in [0.15, 0.2) is 22.6 Å². The lowest BCUT2D eigenvalue weighted by Crippen LogP contribution is -2.36. The topological polar surface area (TPSA) is 54.7 Å². The predicted molar refractivity (Wildman–Crippen MR) is 75.8 cm³/mol. The molecular weight excluding hydrogens is 262 g/mol. The Hall–Kier alpha value is -1.69. The summed E-state index contributed by atoms with van der Waals surface area (Å²) in [6.07, 6.45) is 5.00. The number of aromatic nitrogens is 2. The van der Waals surface area contributed by atoms with E-state index in [9.17, 15) is 9.59 Å². The highest BCUT2D eigenvalue weighted by molar-refractivity contribution is 7.15. The summed E-state index contributed by atoms with van der Waals surface area (Å²) in [6.45, 7) is 5.27. The molecule has 0 saturated carbocycles. The fourth-order valence-electron chi connectivity index (χ4n) is 1.89. The second-order valence-electron chi connectivity index (χ2n) is 4.27. The lowest BCUT2D eigenvalue weighted by atomic mass is 10.2. The average molecular weight is 279 g/mol. The Bertz CT molecular complexity index is 632. The molecule has 102 valence electrons. The van der Waals surface area contributed by atoms with E-state index < -0.39 is 0 Å². The zero-order chi connectivity index (χ0) is 13.8. The molecule has 2 aromatic heterocycles. The summed E-state index contributed by atoms with van der Waals surface area (Å²) in [5, 5.41) is 1.78. The minimum absolute atomic E-state index is 0.147. The number of fused-ring (bicyclic) bond motifs is 1. The van der Waals surface area contributed by atoms with Crippen molar-refractivity contribution in [2.45, 2.75) is 26.7 Å². The minimum Gasteiger partial charge on any atom is -0.339 e. The molecule has 0 saturated heterocycles. The Morgan fingerprint density at radius 3 is 2.95 bits per heavy atom. The number of carbonyl (C=O) groups excluding carboxylic acids is 1. The molecule has 2 rings (SSSR count). The number of nitrogens with zero attached hydrogens (tertiary/aromatic N) is 3. The fourth-order valence-corrected chi connectivity index (χ4v) is 2.57. The molecule has 0 fully saturated rings. The van der Waals surface area contributed by atoms with Gasteiger partial charge >= 0.3 is 0 Å². The number of thiazole rings is 1. The summed E-state index contributed by atoms with van der Waals surface area (Å²) in [5.41, 5.74) is -0.139. The van der Waals surface area contributed by atoms with Crippen molar-refractivity contribution in [2.75, 3.05) is 13.1 Å². The summed E-state index contributed by atoms with van der Waals surface area (Å²) >= 11 is 1.38. The molecule has 2 heterocycles. The highest BCUT2D eigenvalue weighted by atomic mass is 32.1. The summed E-state index contributed by atoms with van der Waals surface area (Å²) in [5.74, 6) is -0.228. The average Bonchev–Trinajstić information content (AvgIpc) is 2.89. The Morgan fingerprint density at radius 2 is 2.26 bits per heavy atom. The van der Waals surface area contributed by atoms with E-state index in [1.54, 1.807) is 16.5 Å². The molecule has 1 amide bonds. The monoisotopic (exact) mass is 279 g/mol. The first-order valence-corrected chi connectivity index (χ1v) is 7.31. The van der Waals surface area contributed by atoms with Gasteiger partial charge in [0.25, 0.3) is 11.5 Å². The van der Waals surface area contributed by atoms with E-state index in [4.69, 9.17) is 0 Å². The molecule has 19 heavy (non-hydrogen) atoms. The summed E-state index contributed by atoms with van der Waals surface area (Å²) in [4.78, 5) is 31.0. The maximum Gasteiger partial charge on any atom is 0.271 e. The fraction of sp³-hybridized carbons (Fsp3) is 0.462. The second-order valence-corrected chi connectivity index (χ2v) is 5.14. The Balaban J connectivity index is 2.34. The summed E-state index contributed by atoms with van der Waals surface area (Å²) in [7, 11) is 0. The van der Waals surface area contributed by atoms with E-state index in [2.05, 4.69) is 11.9 Å². The van der Waals surface area contributed by atoms with Crippen molar-refractivity contribution in [1.82, 2.24) is 14.3 Å². The number of unbranched alkanes of at least 4 members (excludes halogenated alkanes) is 1. The van der Waals surface area contributed by atoms with Gasteiger partial charge in [0.05, 0.1) is 0 Å². The van der Waals surface area contributed by atoms with Crippen LogP contribution >= 0.6 is 11.3 Å². The molecule has 0 aromatic carbocycles. The third kappa shape index (κ3) is 2.68. The molecule has 0 aliphatic carbocycles. The van der Waals surface area contributed by atoms with Crippen molar-refractivity contribution < 1.29 is 4.79 Å². The highest BCUT2D eigenvalue weighted by Crippen LogP contribution is 2.07. The van der Waals surface area contributed by atoms with E-state index in [-0.39, 0.29) is 17.0 Å². The summed E-state index contributed by atoms with van der Waals surface area (Å²) in [6, 6.07) is 0. The number of hydrogen-bond acceptors (Lipinski definition) is 4. The molecule has 0 bridgehead atoms. The predicted octanol–water partition coefficient (Wildman–Crippen LogP) is 2.02. The maximum absolute atomic E-state index is 12.3. The molecule has 0 unspecified atom stereocenters. The van der Waals surface area contributed by atoms with Gasteiger partial charge in [0.2, 0.25) is 0 Å². The van der Waals surface area contributed by atoms with Gasteiger partial charge in [0.1, 0.15) is 5.56 Å². The van der Waals surface area contributed by atoms with Gasteiger partial charge in [0.15, 0.2) is 4.96 Å². The second kappa shape index (κ2) is 5.97. The van der Waals surface area contributed by atoms with Crippen LogP contribution < -0.4 is 5.56 Å². The molecule has 5 nitrogen and oxygen atoms in total. The quantitative estimate of drug-likeness (QED) is 0.841. The largest absolute Gasteiger partial charge is 0.339 e. The lowest BCUT2D eigenvalue weighted by Gasteiger charge is -2.20. The zero-order valence-electron chi connectivity index (χ0n) is 11.1. The van der Waals surface area contributed by atoms with E-state index in [1.165, 1.54) is 21.9 Å². The normalized spacial score (nSPS) is 10.8. The third-order valence-electron chi connectivity index (χ3n) is 3.02. The van der Waals surface area contributed by atoms with E-state index >= 15 is 0 Å². The number of carbonyl (C=O) groups is 1. The van der Waals surface area contributed by atoms with Crippen molar-refractivity contribution in [3.8, 4) is 0 Å². The number of amides is 1. The van der Waals surface area contributed by atoms with Crippen LogP contribution in [0.5, 0.6) is 0 Å². The van der Waals surface area contributed by atoms with E-state index in [1.807, 2.05) is 6.92 Å². The molecule has 6 heteroatoms. The molecule has 0 aliphatic rings. The standard InChI is InChI=1S/C13H17N3O2S/c1-3-5-6-15(4-2)11(17)10-9-14-13-16(12(10)18)7-8-19-13/h7-9H,3-6H2,1-2H3. The Morgan fingerprint density at radius 1 is 1.47 bits per heavy atom. The van der Waals surface area contributed by atoms with Crippen LogP contribution in [-0.2, 0) is 0 Å². The number of rotatable bonds is 5. The van der Waals surface area contributed by atoms with Gasteiger partial charge in [-0.25, -0.2) is 4.98 Å². The summed E-state index contributed by atoms with van der Waals surface area (Å²) < 4.78 is 1.42. The van der Waals surface area contributed by atoms with Gasteiger partial charge in [-0.2, -0.15) is 0 Å². The molecular formula is C13H17N3O2S. The van der Waals surface area contributed by atoms with Crippen molar-refractivity contribution in [3.63, 3.8) is 0 Å². The van der Waals surface area contributed by atoms with Crippen LogP contribution in [0.1, 0.15) is 37.0 Å². The first-order chi connectivity index (χ1) is 9.19. The maximum atomic E-state index is 12.3. The van der Waals surface area contributed by atoms with Crippen LogP contribution in [0.3, 0.4) is 0 Å². The van der Waals surface area contributed by atoms with Gasteiger partial charge < -0.3 is 4.90 Å². The molecule has 0 radical (unpaired) electrons. The van der Waals surface area contributed by atoms with E-state index in [0.717, 1.165) is 12.8 Å². The van der Waals surface area contributed by atoms with Gasteiger partial charge in [-0.05, 0) is 13.3 Å². The molecule has 2 aromatic rings. The van der Waals surface area contributed by atoms with Gasteiger partial charge in [-0.15, -0.1) is 11.3 Å². The molecule has 0 aliphatic heterocycles. The van der Waals surface area contributed by atoms with Crippen LogP contribution in [0.2, 0.25) is 0 Å². The van der Waals surface area contributed by atoms with Crippen LogP contribution in [-0.4, -0.2) is 33.3 Å².